The number of allylic oxidation sites excluding steroid dienone is 2. The third kappa shape index (κ3) is 3.58. The van der Waals surface area contributed by atoms with Crippen molar-refractivity contribution in [3.63, 3.8) is 0 Å². The van der Waals surface area contributed by atoms with Gasteiger partial charge >= 0.3 is 5.97 Å². The molecule has 0 radical (unpaired) electrons. The van der Waals surface area contributed by atoms with E-state index < -0.39 is 11.6 Å². The number of hydrogen-bond acceptors (Lipinski definition) is 4. The molecule has 1 spiro atoms. The fourth-order valence-corrected chi connectivity index (χ4v) is 5.52. The Morgan fingerprint density at radius 1 is 1.24 bits per heavy atom. The van der Waals surface area contributed by atoms with Crippen LogP contribution < -0.4 is 5.32 Å². The number of ether oxygens (including phenoxy) is 2. The van der Waals surface area contributed by atoms with E-state index in [-0.39, 0.29) is 41.9 Å². The summed E-state index contributed by atoms with van der Waals surface area (Å²) in [5.74, 6) is -0.354. The molecule has 1 amide bonds. The Bertz CT molecular complexity index is 795. The topological polar surface area (TPSA) is 67.9 Å². The van der Waals surface area contributed by atoms with E-state index in [1.165, 1.54) is 17.2 Å². The van der Waals surface area contributed by atoms with Crippen LogP contribution in [0.25, 0.3) is 0 Å². The lowest BCUT2D eigenvalue weighted by atomic mass is 9.63. The van der Waals surface area contributed by atoms with Crippen molar-refractivity contribution < 1.29 is 19.1 Å². The van der Waals surface area contributed by atoms with Crippen LogP contribution >= 0.6 is 0 Å². The maximum Gasteiger partial charge on any atom is 0.331 e. The molecular formula is C24H33NO4. The summed E-state index contributed by atoms with van der Waals surface area (Å²) >= 11 is 0. The maximum atomic E-state index is 13.5. The highest BCUT2D eigenvalue weighted by molar-refractivity contribution is 5.94. The van der Waals surface area contributed by atoms with Crippen molar-refractivity contribution in [1.82, 2.24) is 5.32 Å². The predicted octanol–water partition coefficient (Wildman–Crippen LogP) is 3.71. The molecule has 1 aliphatic carbocycles. The van der Waals surface area contributed by atoms with Gasteiger partial charge in [0.1, 0.15) is 6.10 Å². The molecule has 0 aromatic heterocycles. The second-order valence-electron chi connectivity index (χ2n) is 9.72. The molecule has 0 bridgehead atoms. The lowest BCUT2D eigenvalue weighted by molar-refractivity contribution is -0.172. The fraction of sp³-hybridized carbons (Fsp3) is 0.667. The Morgan fingerprint density at radius 2 is 2.00 bits per heavy atom. The lowest BCUT2D eigenvalue weighted by Crippen LogP contribution is -2.56. The monoisotopic (exact) mass is 399 g/mol. The van der Waals surface area contributed by atoms with Gasteiger partial charge in [0, 0.05) is 24.0 Å². The van der Waals surface area contributed by atoms with Crippen LogP contribution in [-0.4, -0.2) is 35.7 Å². The highest BCUT2D eigenvalue weighted by atomic mass is 16.6. The number of esters is 1. The molecule has 0 aromatic rings. The van der Waals surface area contributed by atoms with Crippen molar-refractivity contribution in [2.75, 3.05) is 0 Å². The van der Waals surface area contributed by atoms with Crippen molar-refractivity contribution in [3.05, 3.63) is 35.5 Å². The summed E-state index contributed by atoms with van der Waals surface area (Å²) in [7, 11) is 0. The minimum absolute atomic E-state index is 0.00168. The van der Waals surface area contributed by atoms with Crippen molar-refractivity contribution in [2.45, 2.75) is 77.7 Å². The first-order chi connectivity index (χ1) is 13.7. The molecule has 0 unspecified atom stereocenters. The van der Waals surface area contributed by atoms with Crippen molar-refractivity contribution >= 4 is 11.9 Å². The van der Waals surface area contributed by atoms with Gasteiger partial charge in [-0.1, -0.05) is 44.1 Å². The molecule has 3 heterocycles. The molecule has 29 heavy (non-hydrogen) atoms. The number of nitrogens with one attached hydrogen (secondary N) is 1. The predicted molar refractivity (Wildman–Crippen MR) is 111 cm³/mol. The standard InChI is InChI=1S/C24H33NO4/c1-13(2)10-18-22-16(5)15(4)12-17-11-14(3)6-7-19-20(28-19)8-9-21(26)29-24(17,22)23(27)25-18/h8-9,11-13,16-20,22H,6-7,10H2,1-5H3,(H,25,27)/b9-8+,14-11+/t16-,17+,18+,19+,20-,22+,24-/m1/s1. The van der Waals surface area contributed by atoms with E-state index in [9.17, 15) is 9.59 Å². The number of hydrogen-bond donors (Lipinski definition) is 1. The molecule has 4 rings (SSSR count). The van der Waals surface area contributed by atoms with Gasteiger partial charge in [0.2, 0.25) is 5.60 Å². The van der Waals surface area contributed by atoms with Gasteiger partial charge in [-0.3, -0.25) is 4.79 Å². The molecule has 7 atom stereocenters. The summed E-state index contributed by atoms with van der Waals surface area (Å²) in [4.78, 5) is 26.3. The average molecular weight is 400 g/mol. The average Bonchev–Trinajstić information content (AvgIpc) is 3.33. The normalized spacial score (nSPS) is 44.6. The molecule has 0 saturated carbocycles. The van der Waals surface area contributed by atoms with Gasteiger partial charge in [0.25, 0.3) is 5.91 Å². The smallest absolute Gasteiger partial charge is 0.331 e. The van der Waals surface area contributed by atoms with Crippen LogP contribution in [0.3, 0.4) is 0 Å². The van der Waals surface area contributed by atoms with Crippen LogP contribution in [0, 0.1) is 23.7 Å². The Kier molecular flexibility index (Phi) is 5.22. The zero-order chi connectivity index (χ0) is 20.9. The van der Waals surface area contributed by atoms with Crippen LogP contribution in [0.2, 0.25) is 0 Å². The summed E-state index contributed by atoms with van der Waals surface area (Å²) in [6.07, 6.45) is 10.4. The van der Waals surface area contributed by atoms with Gasteiger partial charge in [-0.2, -0.15) is 0 Å². The first-order valence-electron chi connectivity index (χ1n) is 11.0. The van der Waals surface area contributed by atoms with Gasteiger partial charge in [-0.25, -0.2) is 4.79 Å². The second kappa shape index (κ2) is 7.42. The van der Waals surface area contributed by atoms with Gasteiger partial charge in [-0.15, -0.1) is 0 Å². The first-order valence-corrected chi connectivity index (χ1v) is 11.0. The highest BCUT2D eigenvalue weighted by Crippen LogP contribution is 2.51. The third-order valence-corrected chi connectivity index (χ3v) is 7.12. The van der Waals surface area contributed by atoms with Crippen LogP contribution in [0.5, 0.6) is 0 Å². The summed E-state index contributed by atoms with van der Waals surface area (Å²) in [6, 6.07) is -0.00168. The van der Waals surface area contributed by atoms with E-state index in [0.717, 1.165) is 19.3 Å². The van der Waals surface area contributed by atoms with E-state index in [2.05, 4.69) is 52.1 Å². The molecule has 4 aliphatic rings. The van der Waals surface area contributed by atoms with Crippen LogP contribution in [-0.2, 0) is 19.1 Å². The van der Waals surface area contributed by atoms with Gasteiger partial charge < -0.3 is 14.8 Å². The summed E-state index contributed by atoms with van der Waals surface area (Å²) in [5, 5.41) is 3.21. The summed E-state index contributed by atoms with van der Waals surface area (Å²) in [5.41, 5.74) is 1.28. The van der Waals surface area contributed by atoms with Crippen molar-refractivity contribution in [1.29, 1.82) is 0 Å². The number of amides is 1. The van der Waals surface area contributed by atoms with Crippen LogP contribution in [0.4, 0.5) is 0 Å². The van der Waals surface area contributed by atoms with E-state index >= 15 is 0 Å². The van der Waals surface area contributed by atoms with E-state index in [4.69, 9.17) is 9.47 Å². The molecule has 158 valence electrons. The third-order valence-electron chi connectivity index (χ3n) is 7.12. The van der Waals surface area contributed by atoms with Crippen LogP contribution in [0.1, 0.15) is 53.9 Å². The largest absolute Gasteiger partial charge is 0.444 e. The number of fused-ring (bicyclic) bond motifs is 1. The van der Waals surface area contributed by atoms with Gasteiger partial charge in [0.05, 0.1) is 6.10 Å². The van der Waals surface area contributed by atoms with Crippen LogP contribution in [0.15, 0.2) is 35.5 Å². The van der Waals surface area contributed by atoms with E-state index in [1.807, 2.05) is 0 Å². The number of carbonyl (C=O) groups excluding carboxylic acids is 2. The summed E-state index contributed by atoms with van der Waals surface area (Å²) < 4.78 is 11.7. The molecule has 5 nitrogen and oxygen atoms in total. The van der Waals surface area contributed by atoms with Crippen molar-refractivity contribution in [3.8, 4) is 0 Å². The Morgan fingerprint density at radius 3 is 2.72 bits per heavy atom. The number of rotatable bonds is 2. The highest BCUT2D eigenvalue weighted by Gasteiger charge is 2.64. The second-order valence-corrected chi connectivity index (χ2v) is 9.72. The Balaban J connectivity index is 1.81. The molecule has 1 N–H and O–H groups in total. The van der Waals surface area contributed by atoms with Gasteiger partial charge in [0.15, 0.2) is 0 Å². The Labute approximate surface area is 173 Å². The zero-order valence-corrected chi connectivity index (χ0v) is 18.1. The summed E-state index contributed by atoms with van der Waals surface area (Å²) in [6.45, 7) is 10.7. The quantitative estimate of drug-likeness (QED) is 0.437. The number of carbonyl (C=O) groups is 2. The van der Waals surface area contributed by atoms with E-state index in [0.29, 0.717) is 5.92 Å². The van der Waals surface area contributed by atoms with E-state index in [1.54, 1.807) is 6.08 Å². The fourth-order valence-electron chi connectivity index (χ4n) is 5.52. The van der Waals surface area contributed by atoms with Crippen molar-refractivity contribution in [2.24, 2.45) is 23.7 Å². The minimum atomic E-state index is -1.19. The molecule has 2 fully saturated rings. The van der Waals surface area contributed by atoms with Gasteiger partial charge in [-0.05, 0) is 51.0 Å². The molecule has 2 saturated heterocycles. The molecular weight excluding hydrogens is 366 g/mol. The Hall–Kier alpha value is -1.88. The molecule has 5 heteroatoms. The number of epoxide rings is 1. The SMILES string of the molecule is CC1=C[C@@H]2/C=C(\C)CC[C@@H]3O[C@@H]3/C=C/C(=O)O[C@]23C(=O)N[C@@H](CC(C)C)[C@@H]3[C@@H]1C. The molecule has 0 aromatic carbocycles. The molecule has 3 aliphatic heterocycles. The zero-order valence-electron chi connectivity index (χ0n) is 18.1. The minimum Gasteiger partial charge on any atom is -0.444 e. The maximum absolute atomic E-state index is 13.5. The lowest BCUT2D eigenvalue weighted by Gasteiger charge is -2.44. The first kappa shape index (κ1) is 20.4.